The number of aliphatic hydroxyl groups is 1. The molecule has 0 aromatic rings. The van der Waals surface area contributed by atoms with E-state index in [1.807, 2.05) is 0 Å². The van der Waals surface area contributed by atoms with E-state index in [9.17, 15) is 14.4 Å². The van der Waals surface area contributed by atoms with Gasteiger partial charge in [-0.2, -0.15) is 0 Å². The zero-order valence-corrected chi connectivity index (χ0v) is 29.9. The molecule has 1 heterocycles. The molecule has 0 aromatic carbocycles. The third-order valence-electron chi connectivity index (χ3n) is 5.84. The van der Waals surface area contributed by atoms with Gasteiger partial charge in [-0.05, 0) is 6.42 Å². The van der Waals surface area contributed by atoms with Crippen LogP contribution in [0.25, 0.3) is 0 Å². The number of nitrogens with two attached hydrogens (primary N) is 1. The average Bonchev–Trinajstić information content (AvgIpc) is 3.43. The molecule has 1 saturated heterocycles. The highest BCUT2D eigenvalue weighted by molar-refractivity contribution is 6.01. The Morgan fingerprint density at radius 2 is 0.820 bits per heavy atom. The summed E-state index contributed by atoms with van der Waals surface area (Å²) in [6.45, 7) is 13.5. The van der Waals surface area contributed by atoms with Crippen molar-refractivity contribution in [2.75, 3.05) is 159 Å². The van der Waals surface area contributed by atoms with Crippen molar-refractivity contribution in [2.45, 2.75) is 32.6 Å². The van der Waals surface area contributed by atoms with Crippen LogP contribution in [0.3, 0.4) is 0 Å². The zero-order chi connectivity index (χ0) is 36.6. The summed E-state index contributed by atoms with van der Waals surface area (Å²) in [5.41, 5.74) is 5.29. The minimum Gasteiger partial charge on any atom is -0.394 e. The van der Waals surface area contributed by atoms with E-state index in [1.165, 1.54) is 0 Å². The van der Waals surface area contributed by atoms with Crippen LogP contribution >= 0.6 is 0 Å². The lowest BCUT2D eigenvalue weighted by Crippen LogP contribution is -2.32. The van der Waals surface area contributed by atoms with Gasteiger partial charge in [0.05, 0.1) is 152 Å². The first-order valence-corrected chi connectivity index (χ1v) is 17.3. The van der Waals surface area contributed by atoms with Gasteiger partial charge >= 0.3 is 5.97 Å². The lowest BCUT2D eigenvalue weighted by atomic mass is 10.4. The Labute approximate surface area is 296 Å². The monoisotopic (exact) mass is 730 g/mol. The number of imide groups is 1. The molecule has 0 spiro atoms. The first-order valence-electron chi connectivity index (χ1n) is 17.3. The van der Waals surface area contributed by atoms with Gasteiger partial charge in [-0.25, -0.2) is 4.79 Å². The predicted octanol–water partition coefficient (Wildman–Crippen LogP) is -0.486. The molecule has 1 aliphatic rings. The zero-order valence-electron chi connectivity index (χ0n) is 29.9. The Bertz CT molecular complexity index is 732. The normalized spacial score (nSPS) is 12.8. The number of nitrogens with zero attached hydrogens (tertiary/aromatic N) is 1. The van der Waals surface area contributed by atoms with Gasteiger partial charge in [0.25, 0.3) is 11.8 Å². The molecule has 0 aliphatic carbocycles. The van der Waals surface area contributed by atoms with Crippen LogP contribution in [-0.4, -0.2) is 186 Å². The number of ether oxygens (including phenoxy) is 11. The molecule has 1 fully saturated rings. The summed E-state index contributed by atoms with van der Waals surface area (Å²) in [4.78, 5) is 38.8. The maximum Gasteiger partial charge on any atom is 0.335 e. The Morgan fingerprint density at radius 1 is 0.520 bits per heavy atom. The van der Waals surface area contributed by atoms with Crippen LogP contribution in [0.15, 0.2) is 0 Å². The van der Waals surface area contributed by atoms with Crippen LogP contribution in [0.4, 0.5) is 0 Å². The van der Waals surface area contributed by atoms with E-state index in [1.54, 1.807) is 0 Å². The van der Waals surface area contributed by atoms with Crippen molar-refractivity contribution in [3.05, 3.63) is 0 Å². The van der Waals surface area contributed by atoms with E-state index in [0.717, 1.165) is 13.0 Å². The number of hydrogen-bond acceptors (Lipinski definition) is 17. The topological polar surface area (TPSA) is 211 Å². The van der Waals surface area contributed by atoms with E-state index < -0.39 is 17.8 Å². The lowest BCUT2D eigenvalue weighted by Gasteiger charge is -2.12. The maximum absolute atomic E-state index is 11.5. The van der Waals surface area contributed by atoms with E-state index in [0.29, 0.717) is 144 Å². The molecule has 0 bridgehead atoms. The summed E-state index contributed by atoms with van der Waals surface area (Å²) in [5.74, 6) is -1.71. The Hall–Kier alpha value is -1.91. The summed E-state index contributed by atoms with van der Waals surface area (Å²) < 4.78 is 58.0. The van der Waals surface area contributed by atoms with E-state index in [-0.39, 0.29) is 32.5 Å². The quantitative estimate of drug-likeness (QED) is 0.0610. The molecule has 0 atom stereocenters. The summed E-state index contributed by atoms with van der Waals surface area (Å²) in [6, 6.07) is 0. The van der Waals surface area contributed by atoms with Crippen molar-refractivity contribution in [1.29, 1.82) is 0 Å². The molecular weight excluding hydrogens is 668 g/mol. The average molecular weight is 731 g/mol. The number of aliphatic hydroxyl groups excluding tert-OH is 1. The fraction of sp³-hybridized carbons (Fsp3) is 0.906. The summed E-state index contributed by atoms with van der Waals surface area (Å²) in [5, 5.41) is 9.02. The van der Waals surface area contributed by atoms with E-state index in [2.05, 4.69) is 6.92 Å². The van der Waals surface area contributed by atoms with Crippen LogP contribution in [0.2, 0.25) is 0 Å². The second-order valence-electron chi connectivity index (χ2n) is 10.0. The SMILES string of the molecule is CCCOCCOCCOCCOCCOCCOCCN.O=C(CCOCCOCCOCCOCCOCCO)ON1C(=O)CCC1=O. The van der Waals surface area contributed by atoms with Crippen molar-refractivity contribution in [2.24, 2.45) is 5.73 Å². The predicted molar refractivity (Wildman–Crippen MR) is 177 cm³/mol. The van der Waals surface area contributed by atoms with Crippen molar-refractivity contribution in [1.82, 2.24) is 5.06 Å². The standard InChI is InChI=1S/C17H29NO10.C15H33NO6/c19-4-6-24-8-10-26-12-14-27-13-11-25-9-7-23-5-3-17(22)28-18-15(20)1-2-16(18)21;1-2-4-17-6-8-19-10-12-21-14-15-22-13-11-20-9-7-18-5-3-16/h19H,1-14H2;2-16H2,1H3. The van der Waals surface area contributed by atoms with Crippen molar-refractivity contribution >= 4 is 17.8 Å². The highest BCUT2D eigenvalue weighted by Crippen LogP contribution is 2.12. The molecule has 3 N–H and O–H groups in total. The van der Waals surface area contributed by atoms with Gasteiger partial charge in [-0.3, -0.25) is 9.59 Å². The number of hydroxylamine groups is 2. The fourth-order valence-electron chi connectivity index (χ4n) is 3.44. The van der Waals surface area contributed by atoms with Gasteiger partial charge in [0, 0.05) is 26.0 Å². The highest BCUT2D eigenvalue weighted by atomic mass is 16.7. The fourth-order valence-corrected chi connectivity index (χ4v) is 3.44. The van der Waals surface area contributed by atoms with Crippen molar-refractivity contribution in [3.8, 4) is 0 Å². The molecule has 0 saturated carbocycles. The van der Waals surface area contributed by atoms with Gasteiger partial charge in [-0.1, -0.05) is 6.92 Å². The van der Waals surface area contributed by atoms with Crippen LogP contribution < -0.4 is 5.73 Å². The van der Waals surface area contributed by atoms with Crippen LogP contribution in [0.1, 0.15) is 32.6 Å². The number of carbonyl (C=O) groups is 3. The number of carbonyl (C=O) groups excluding carboxylic acids is 3. The largest absolute Gasteiger partial charge is 0.394 e. The minimum atomic E-state index is -0.694. The second kappa shape index (κ2) is 39.9. The molecule has 0 unspecified atom stereocenters. The second-order valence-corrected chi connectivity index (χ2v) is 10.0. The van der Waals surface area contributed by atoms with E-state index in [4.69, 9.17) is 67.8 Å². The number of hydrogen-bond donors (Lipinski definition) is 2. The molecule has 18 nitrogen and oxygen atoms in total. The van der Waals surface area contributed by atoms with Crippen LogP contribution in [-0.2, 0) is 71.3 Å². The molecule has 18 heteroatoms. The molecular formula is C32H62N2O16. The summed E-state index contributed by atoms with van der Waals surface area (Å²) in [6.07, 6.45) is 1.11. The highest BCUT2D eigenvalue weighted by Gasteiger charge is 2.32. The molecule has 0 aromatic heterocycles. The van der Waals surface area contributed by atoms with Gasteiger partial charge in [0.2, 0.25) is 0 Å². The molecule has 0 radical (unpaired) electrons. The third kappa shape index (κ3) is 34.5. The van der Waals surface area contributed by atoms with Gasteiger partial charge < -0.3 is 67.8 Å². The molecule has 1 aliphatic heterocycles. The first kappa shape index (κ1) is 48.1. The molecule has 2 amide bonds. The number of rotatable bonds is 37. The smallest absolute Gasteiger partial charge is 0.335 e. The van der Waals surface area contributed by atoms with Gasteiger partial charge in [0.15, 0.2) is 0 Å². The Kier molecular flexibility index (Phi) is 38.3. The molecule has 50 heavy (non-hydrogen) atoms. The molecule has 1 rings (SSSR count). The Balaban J connectivity index is 0.000000991. The summed E-state index contributed by atoms with van der Waals surface area (Å²) in [7, 11) is 0. The third-order valence-corrected chi connectivity index (χ3v) is 5.84. The minimum absolute atomic E-state index is 0.00373. The van der Waals surface area contributed by atoms with Crippen molar-refractivity contribution in [3.63, 3.8) is 0 Å². The van der Waals surface area contributed by atoms with Crippen LogP contribution in [0.5, 0.6) is 0 Å². The Morgan fingerprint density at radius 3 is 1.14 bits per heavy atom. The lowest BCUT2D eigenvalue weighted by molar-refractivity contribution is -0.198. The maximum atomic E-state index is 11.5. The summed E-state index contributed by atoms with van der Waals surface area (Å²) >= 11 is 0. The van der Waals surface area contributed by atoms with Crippen LogP contribution in [0, 0.1) is 0 Å². The number of amides is 2. The molecule has 296 valence electrons. The first-order chi connectivity index (χ1) is 24.6. The van der Waals surface area contributed by atoms with Gasteiger partial charge in [-0.15, -0.1) is 5.06 Å². The van der Waals surface area contributed by atoms with E-state index >= 15 is 0 Å². The van der Waals surface area contributed by atoms with Crippen molar-refractivity contribution < 1.29 is 76.4 Å². The van der Waals surface area contributed by atoms with Gasteiger partial charge in [0.1, 0.15) is 0 Å².